The molecule has 0 aliphatic heterocycles. The van der Waals surface area contributed by atoms with Crippen molar-refractivity contribution in [1.29, 1.82) is 0 Å². The van der Waals surface area contributed by atoms with Gasteiger partial charge in [0, 0.05) is 5.56 Å². The summed E-state index contributed by atoms with van der Waals surface area (Å²) in [6.07, 6.45) is 0. The van der Waals surface area contributed by atoms with Crippen molar-refractivity contribution in [2.75, 3.05) is 7.11 Å². The highest BCUT2D eigenvalue weighted by Gasteiger charge is 2.14. The minimum atomic E-state index is -0.169. The lowest BCUT2D eigenvalue weighted by Gasteiger charge is -2.13. The monoisotopic (exact) mass is 232 g/mol. The van der Waals surface area contributed by atoms with E-state index in [1.54, 1.807) is 7.11 Å². The molecule has 0 aliphatic carbocycles. The summed E-state index contributed by atoms with van der Waals surface area (Å²) in [5.74, 6) is 0.825. The van der Waals surface area contributed by atoms with Gasteiger partial charge in [-0.25, -0.2) is 0 Å². The summed E-state index contributed by atoms with van der Waals surface area (Å²) < 4.78 is 5.30. The van der Waals surface area contributed by atoms with Crippen LogP contribution in [-0.4, -0.2) is 7.11 Å². The second-order valence-electron chi connectivity index (χ2n) is 3.52. The van der Waals surface area contributed by atoms with Gasteiger partial charge in [-0.15, -0.1) is 11.6 Å². The Morgan fingerprint density at radius 3 is 2.25 bits per heavy atom. The largest absolute Gasteiger partial charge is 0.496 e. The van der Waals surface area contributed by atoms with Gasteiger partial charge in [0.1, 0.15) is 5.75 Å². The highest BCUT2D eigenvalue weighted by molar-refractivity contribution is 6.22. The van der Waals surface area contributed by atoms with E-state index in [9.17, 15) is 0 Å². The Morgan fingerprint density at radius 1 is 0.938 bits per heavy atom. The summed E-state index contributed by atoms with van der Waals surface area (Å²) in [6.45, 7) is 0. The van der Waals surface area contributed by atoms with E-state index >= 15 is 0 Å². The lowest BCUT2D eigenvalue weighted by Crippen LogP contribution is -1.96. The number of halogens is 1. The molecule has 1 nitrogen and oxygen atoms in total. The fourth-order valence-corrected chi connectivity index (χ4v) is 2.00. The summed E-state index contributed by atoms with van der Waals surface area (Å²) in [5.41, 5.74) is 2.08. The molecule has 1 atom stereocenters. The molecule has 16 heavy (non-hydrogen) atoms. The van der Waals surface area contributed by atoms with Gasteiger partial charge in [0.2, 0.25) is 0 Å². The minimum absolute atomic E-state index is 0.169. The molecule has 0 heterocycles. The van der Waals surface area contributed by atoms with Crippen LogP contribution in [-0.2, 0) is 0 Å². The highest BCUT2D eigenvalue weighted by Crippen LogP contribution is 2.34. The van der Waals surface area contributed by atoms with Gasteiger partial charge < -0.3 is 4.74 Å². The van der Waals surface area contributed by atoms with Crippen molar-refractivity contribution in [2.24, 2.45) is 0 Å². The van der Waals surface area contributed by atoms with Crippen LogP contribution >= 0.6 is 11.6 Å². The van der Waals surface area contributed by atoms with Crippen molar-refractivity contribution in [3.8, 4) is 5.75 Å². The van der Waals surface area contributed by atoms with Gasteiger partial charge in [-0.1, -0.05) is 48.5 Å². The third kappa shape index (κ3) is 2.20. The Bertz CT molecular complexity index is 453. The number of rotatable bonds is 3. The normalized spacial score (nSPS) is 12.1. The third-order valence-corrected chi connectivity index (χ3v) is 2.99. The molecule has 82 valence electrons. The van der Waals surface area contributed by atoms with Gasteiger partial charge in [0.15, 0.2) is 0 Å². The van der Waals surface area contributed by atoms with E-state index in [1.165, 1.54) is 0 Å². The van der Waals surface area contributed by atoms with Gasteiger partial charge >= 0.3 is 0 Å². The molecule has 0 aliphatic rings. The average Bonchev–Trinajstić information content (AvgIpc) is 2.39. The number of methoxy groups -OCH3 is 1. The van der Waals surface area contributed by atoms with E-state index in [0.29, 0.717) is 0 Å². The number of benzene rings is 2. The van der Waals surface area contributed by atoms with Gasteiger partial charge in [0.25, 0.3) is 0 Å². The van der Waals surface area contributed by atoms with Crippen molar-refractivity contribution >= 4 is 11.6 Å². The SMILES string of the molecule is COc1ccccc1[C@H](Cl)c1ccccc1. The maximum Gasteiger partial charge on any atom is 0.123 e. The molecule has 0 saturated heterocycles. The highest BCUT2D eigenvalue weighted by atomic mass is 35.5. The number of para-hydroxylation sites is 1. The van der Waals surface area contributed by atoms with Crippen LogP contribution in [0.3, 0.4) is 0 Å². The zero-order chi connectivity index (χ0) is 11.4. The van der Waals surface area contributed by atoms with E-state index in [2.05, 4.69) is 0 Å². The zero-order valence-corrected chi connectivity index (χ0v) is 9.82. The first-order valence-corrected chi connectivity index (χ1v) is 5.58. The smallest absolute Gasteiger partial charge is 0.123 e. The Labute approximate surface area is 101 Å². The van der Waals surface area contributed by atoms with E-state index in [-0.39, 0.29) is 5.38 Å². The topological polar surface area (TPSA) is 9.23 Å². The summed E-state index contributed by atoms with van der Waals surface area (Å²) in [5, 5.41) is -0.169. The number of hydrogen-bond acceptors (Lipinski definition) is 1. The molecule has 0 radical (unpaired) electrons. The quantitative estimate of drug-likeness (QED) is 0.727. The van der Waals surface area contributed by atoms with Crippen molar-refractivity contribution in [2.45, 2.75) is 5.38 Å². The second kappa shape index (κ2) is 5.04. The molecule has 0 spiro atoms. The van der Waals surface area contributed by atoms with Crippen molar-refractivity contribution in [1.82, 2.24) is 0 Å². The van der Waals surface area contributed by atoms with Crippen LogP contribution in [0.4, 0.5) is 0 Å². The average molecular weight is 233 g/mol. The predicted octanol–water partition coefficient (Wildman–Crippen LogP) is 4.02. The number of hydrogen-bond donors (Lipinski definition) is 0. The lowest BCUT2D eigenvalue weighted by molar-refractivity contribution is 0.410. The van der Waals surface area contributed by atoms with E-state index < -0.39 is 0 Å². The molecule has 2 heteroatoms. The summed E-state index contributed by atoms with van der Waals surface area (Å²) in [7, 11) is 1.66. The molecule has 2 aromatic rings. The summed E-state index contributed by atoms with van der Waals surface area (Å²) in [6, 6.07) is 17.8. The molecule has 0 N–H and O–H groups in total. The first kappa shape index (κ1) is 11.0. The first-order chi connectivity index (χ1) is 7.83. The molecular weight excluding hydrogens is 220 g/mol. The number of ether oxygens (including phenoxy) is 1. The summed E-state index contributed by atoms with van der Waals surface area (Å²) in [4.78, 5) is 0. The third-order valence-electron chi connectivity index (χ3n) is 2.50. The van der Waals surface area contributed by atoms with Gasteiger partial charge in [-0.05, 0) is 11.6 Å². The Hall–Kier alpha value is -1.47. The molecular formula is C14H13ClO. The van der Waals surface area contributed by atoms with Gasteiger partial charge in [-0.3, -0.25) is 0 Å². The summed E-state index contributed by atoms with van der Waals surface area (Å²) >= 11 is 6.44. The molecule has 0 bridgehead atoms. The van der Waals surface area contributed by atoms with Crippen LogP contribution in [0.1, 0.15) is 16.5 Å². The van der Waals surface area contributed by atoms with Crippen LogP contribution in [0.15, 0.2) is 54.6 Å². The Kier molecular flexibility index (Phi) is 3.47. The second-order valence-corrected chi connectivity index (χ2v) is 3.95. The fraction of sp³-hybridized carbons (Fsp3) is 0.143. The molecule has 2 rings (SSSR count). The number of alkyl halides is 1. The van der Waals surface area contributed by atoms with E-state index in [1.807, 2.05) is 54.6 Å². The Morgan fingerprint density at radius 2 is 1.56 bits per heavy atom. The lowest BCUT2D eigenvalue weighted by atomic mass is 10.0. The molecule has 0 fully saturated rings. The van der Waals surface area contributed by atoms with Gasteiger partial charge in [-0.2, -0.15) is 0 Å². The fourth-order valence-electron chi connectivity index (χ4n) is 1.68. The van der Waals surface area contributed by atoms with Crippen molar-refractivity contribution in [3.05, 3.63) is 65.7 Å². The minimum Gasteiger partial charge on any atom is -0.496 e. The molecule has 0 amide bonds. The van der Waals surface area contributed by atoms with E-state index in [0.717, 1.165) is 16.9 Å². The van der Waals surface area contributed by atoms with Crippen LogP contribution < -0.4 is 4.74 Å². The van der Waals surface area contributed by atoms with Gasteiger partial charge in [0.05, 0.1) is 12.5 Å². The Balaban J connectivity index is 2.37. The van der Waals surface area contributed by atoms with Crippen molar-refractivity contribution in [3.63, 3.8) is 0 Å². The predicted molar refractivity (Wildman–Crippen MR) is 67.1 cm³/mol. The molecule has 2 aromatic carbocycles. The molecule has 0 saturated carbocycles. The maximum atomic E-state index is 6.44. The van der Waals surface area contributed by atoms with E-state index in [4.69, 9.17) is 16.3 Å². The van der Waals surface area contributed by atoms with Crippen molar-refractivity contribution < 1.29 is 4.74 Å². The molecule has 0 aromatic heterocycles. The van der Waals surface area contributed by atoms with Crippen LogP contribution in [0.5, 0.6) is 5.75 Å². The zero-order valence-electron chi connectivity index (χ0n) is 9.06. The molecule has 0 unspecified atom stereocenters. The van der Waals surface area contributed by atoms with Crippen LogP contribution in [0, 0.1) is 0 Å². The maximum absolute atomic E-state index is 6.44. The van der Waals surface area contributed by atoms with Crippen LogP contribution in [0.2, 0.25) is 0 Å². The standard InChI is InChI=1S/C14H13ClO/c1-16-13-10-6-5-9-12(13)14(15)11-7-3-2-4-8-11/h2-10,14H,1H3/t14-/m1/s1. The van der Waals surface area contributed by atoms with Crippen LogP contribution in [0.25, 0.3) is 0 Å². The first-order valence-electron chi connectivity index (χ1n) is 5.15.